The number of carbonyl (C=O) groups is 2. The maximum absolute atomic E-state index is 11.5. The lowest BCUT2D eigenvalue weighted by Gasteiger charge is -2.27. The summed E-state index contributed by atoms with van der Waals surface area (Å²) in [6.07, 6.45) is 3.28. The first-order valence-corrected chi connectivity index (χ1v) is 5.58. The van der Waals surface area contributed by atoms with Gasteiger partial charge in [-0.25, -0.2) is 0 Å². The maximum Gasteiger partial charge on any atom is 0.302 e. The summed E-state index contributed by atoms with van der Waals surface area (Å²) in [5.41, 5.74) is 0. The SMILES string of the molecule is CCNC(=O)C1CCC(OC(C)=O)CC1. The molecule has 0 heterocycles. The van der Waals surface area contributed by atoms with Gasteiger partial charge in [0, 0.05) is 19.4 Å². The molecule has 1 N–H and O–H groups in total. The van der Waals surface area contributed by atoms with Gasteiger partial charge >= 0.3 is 5.97 Å². The highest BCUT2D eigenvalue weighted by molar-refractivity contribution is 5.78. The predicted molar refractivity (Wildman–Crippen MR) is 56.2 cm³/mol. The maximum atomic E-state index is 11.5. The first-order chi connectivity index (χ1) is 7.13. The van der Waals surface area contributed by atoms with Crippen LogP contribution in [-0.2, 0) is 14.3 Å². The topological polar surface area (TPSA) is 55.4 Å². The summed E-state index contributed by atoms with van der Waals surface area (Å²) < 4.78 is 5.11. The van der Waals surface area contributed by atoms with E-state index in [2.05, 4.69) is 5.32 Å². The van der Waals surface area contributed by atoms with Gasteiger partial charge in [-0.3, -0.25) is 9.59 Å². The molecule has 1 saturated carbocycles. The van der Waals surface area contributed by atoms with E-state index in [1.54, 1.807) is 0 Å². The number of hydrogen-bond donors (Lipinski definition) is 1. The molecule has 1 amide bonds. The van der Waals surface area contributed by atoms with E-state index in [0.29, 0.717) is 6.54 Å². The number of hydrogen-bond acceptors (Lipinski definition) is 3. The van der Waals surface area contributed by atoms with Crippen molar-refractivity contribution in [2.75, 3.05) is 6.54 Å². The minimum Gasteiger partial charge on any atom is -0.463 e. The highest BCUT2D eigenvalue weighted by atomic mass is 16.5. The van der Waals surface area contributed by atoms with Crippen molar-refractivity contribution in [1.29, 1.82) is 0 Å². The Balaban J connectivity index is 2.29. The fraction of sp³-hybridized carbons (Fsp3) is 0.818. The Kier molecular flexibility index (Phi) is 4.59. The van der Waals surface area contributed by atoms with Crippen LogP contribution in [0.25, 0.3) is 0 Å². The van der Waals surface area contributed by atoms with E-state index in [9.17, 15) is 9.59 Å². The van der Waals surface area contributed by atoms with E-state index >= 15 is 0 Å². The van der Waals surface area contributed by atoms with Crippen LogP contribution in [0.5, 0.6) is 0 Å². The summed E-state index contributed by atoms with van der Waals surface area (Å²) in [7, 11) is 0. The Bertz CT molecular complexity index is 232. The number of ether oxygens (including phenoxy) is 1. The van der Waals surface area contributed by atoms with Crippen molar-refractivity contribution in [3.8, 4) is 0 Å². The second-order valence-corrected chi connectivity index (χ2v) is 3.98. The molecule has 0 unspecified atom stereocenters. The first kappa shape index (κ1) is 12.0. The molecule has 0 aromatic heterocycles. The van der Waals surface area contributed by atoms with Gasteiger partial charge in [0.05, 0.1) is 0 Å². The van der Waals surface area contributed by atoms with Crippen molar-refractivity contribution in [2.24, 2.45) is 5.92 Å². The minimum absolute atomic E-state index is 0.0215. The average molecular weight is 213 g/mol. The molecule has 0 bridgehead atoms. The molecule has 4 nitrogen and oxygen atoms in total. The van der Waals surface area contributed by atoms with Gasteiger partial charge < -0.3 is 10.1 Å². The molecule has 1 fully saturated rings. The summed E-state index contributed by atoms with van der Waals surface area (Å²) in [5, 5.41) is 2.82. The van der Waals surface area contributed by atoms with Gasteiger partial charge in [-0.05, 0) is 32.6 Å². The molecule has 1 rings (SSSR count). The zero-order chi connectivity index (χ0) is 11.3. The van der Waals surface area contributed by atoms with Crippen LogP contribution in [0.3, 0.4) is 0 Å². The molecule has 0 radical (unpaired) electrons. The van der Waals surface area contributed by atoms with Crippen LogP contribution in [0.4, 0.5) is 0 Å². The van der Waals surface area contributed by atoms with E-state index in [-0.39, 0.29) is 23.9 Å². The fourth-order valence-electron chi connectivity index (χ4n) is 2.00. The monoisotopic (exact) mass is 213 g/mol. The van der Waals surface area contributed by atoms with Crippen LogP contribution in [0.1, 0.15) is 39.5 Å². The van der Waals surface area contributed by atoms with Gasteiger partial charge in [-0.1, -0.05) is 0 Å². The highest BCUT2D eigenvalue weighted by Crippen LogP contribution is 2.26. The number of amides is 1. The van der Waals surface area contributed by atoms with E-state index in [1.807, 2.05) is 6.92 Å². The Morgan fingerprint density at radius 2 is 1.87 bits per heavy atom. The Morgan fingerprint density at radius 1 is 1.27 bits per heavy atom. The third-order valence-corrected chi connectivity index (χ3v) is 2.73. The summed E-state index contributed by atoms with van der Waals surface area (Å²) in [6, 6.07) is 0. The van der Waals surface area contributed by atoms with Gasteiger partial charge in [0.2, 0.25) is 5.91 Å². The zero-order valence-corrected chi connectivity index (χ0v) is 9.41. The predicted octanol–water partition coefficient (Wildman–Crippen LogP) is 1.24. The van der Waals surface area contributed by atoms with Gasteiger partial charge in [0.25, 0.3) is 0 Å². The molecule has 0 saturated heterocycles. The lowest BCUT2D eigenvalue weighted by atomic mass is 9.87. The van der Waals surface area contributed by atoms with E-state index < -0.39 is 0 Å². The third kappa shape index (κ3) is 3.90. The normalized spacial score (nSPS) is 25.7. The molecule has 15 heavy (non-hydrogen) atoms. The zero-order valence-electron chi connectivity index (χ0n) is 9.41. The Hall–Kier alpha value is -1.06. The van der Waals surface area contributed by atoms with Crippen LogP contribution in [0.2, 0.25) is 0 Å². The van der Waals surface area contributed by atoms with Crippen molar-refractivity contribution in [3.05, 3.63) is 0 Å². The number of nitrogens with one attached hydrogen (secondary N) is 1. The van der Waals surface area contributed by atoms with Gasteiger partial charge in [-0.2, -0.15) is 0 Å². The molecular formula is C11H19NO3. The summed E-state index contributed by atoms with van der Waals surface area (Å²) in [4.78, 5) is 22.2. The first-order valence-electron chi connectivity index (χ1n) is 5.58. The molecule has 4 heteroatoms. The van der Waals surface area contributed by atoms with E-state index in [4.69, 9.17) is 4.74 Å². The van der Waals surface area contributed by atoms with Gasteiger partial charge in [-0.15, -0.1) is 0 Å². The Morgan fingerprint density at radius 3 is 2.33 bits per heavy atom. The quantitative estimate of drug-likeness (QED) is 0.718. The molecule has 0 atom stereocenters. The lowest BCUT2D eigenvalue weighted by Crippen LogP contribution is -2.34. The second kappa shape index (κ2) is 5.73. The number of rotatable bonds is 3. The Labute approximate surface area is 90.4 Å². The lowest BCUT2D eigenvalue weighted by molar-refractivity contribution is -0.148. The standard InChI is InChI=1S/C11H19NO3/c1-3-12-11(14)9-4-6-10(7-5-9)15-8(2)13/h9-10H,3-7H2,1-2H3,(H,12,14). The fourth-order valence-corrected chi connectivity index (χ4v) is 2.00. The average Bonchev–Trinajstić information content (AvgIpc) is 2.18. The van der Waals surface area contributed by atoms with Crippen molar-refractivity contribution >= 4 is 11.9 Å². The summed E-state index contributed by atoms with van der Waals surface area (Å²) >= 11 is 0. The molecule has 0 aromatic carbocycles. The second-order valence-electron chi connectivity index (χ2n) is 3.98. The van der Waals surface area contributed by atoms with Crippen LogP contribution in [0.15, 0.2) is 0 Å². The van der Waals surface area contributed by atoms with E-state index in [1.165, 1.54) is 6.92 Å². The van der Waals surface area contributed by atoms with Crippen LogP contribution in [0, 0.1) is 5.92 Å². The van der Waals surface area contributed by atoms with Gasteiger partial charge in [0.1, 0.15) is 6.10 Å². The largest absolute Gasteiger partial charge is 0.463 e. The summed E-state index contributed by atoms with van der Waals surface area (Å²) in [6.45, 7) is 4.03. The van der Waals surface area contributed by atoms with Crippen molar-refractivity contribution in [1.82, 2.24) is 5.32 Å². The molecule has 0 aliphatic heterocycles. The number of carbonyl (C=O) groups excluding carboxylic acids is 2. The number of esters is 1. The molecular weight excluding hydrogens is 194 g/mol. The highest BCUT2D eigenvalue weighted by Gasteiger charge is 2.27. The minimum atomic E-state index is -0.226. The summed E-state index contributed by atoms with van der Waals surface area (Å²) in [5.74, 6) is 0.0204. The third-order valence-electron chi connectivity index (χ3n) is 2.73. The van der Waals surface area contributed by atoms with Crippen LogP contribution in [-0.4, -0.2) is 24.5 Å². The molecule has 0 spiro atoms. The van der Waals surface area contributed by atoms with E-state index in [0.717, 1.165) is 25.7 Å². The van der Waals surface area contributed by atoms with Gasteiger partial charge in [0.15, 0.2) is 0 Å². The molecule has 1 aliphatic carbocycles. The molecule has 0 aromatic rings. The van der Waals surface area contributed by atoms with Crippen molar-refractivity contribution in [3.63, 3.8) is 0 Å². The van der Waals surface area contributed by atoms with Crippen LogP contribution >= 0.6 is 0 Å². The van der Waals surface area contributed by atoms with Crippen molar-refractivity contribution < 1.29 is 14.3 Å². The van der Waals surface area contributed by atoms with Crippen LogP contribution < -0.4 is 5.32 Å². The van der Waals surface area contributed by atoms with Crippen molar-refractivity contribution in [2.45, 2.75) is 45.6 Å². The smallest absolute Gasteiger partial charge is 0.302 e. The molecule has 1 aliphatic rings. The molecule has 86 valence electrons.